The first kappa shape index (κ1) is 16.9. The van der Waals surface area contributed by atoms with E-state index in [1.165, 1.54) is 0 Å². The zero-order chi connectivity index (χ0) is 18.6. The van der Waals surface area contributed by atoms with Gasteiger partial charge in [0, 0.05) is 31.6 Å². The van der Waals surface area contributed by atoms with Crippen LogP contribution in [0.2, 0.25) is 0 Å². The van der Waals surface area contributed by atoms with Gasteiger partial charge in [0.1, 0.15) is 17.4 Å². The molecular formula is C18H20N4O4S. The number of nitrogens with zero attached hydrogens (tertiary/aromatic N) is 4. The number of rotatable bonds is 2. The van der Waals surface area contributed by atoms with E-state index in [0.29, 0.717) is 31.8 Å². The molecule has 1 N–H and O–H groups in total. The molecule has 9 heteroatoms. The van der Waals surface area contributed by atoms with E-state index in [-0.39, 0.29) is 17.5 Å². The van der Waals surface area contributed by atoms with Gasteiger partial charge in [0.2, 0.25) is 0 Å². The summed E-state index contributed by atoms with van der Waals surface area (Å²) in [6.45, 7) is 2.71. The number of fused-ring (bicyclic) bond motifs is 3. The fourth-order valence-electron chi connectivity index (χ4n) is 4.16. The zero-order valence-electron chi connectivity index (χ0n) is 14.7. The highest BCUT2D eigenvalue weighted by molar-refractivity contribution is 7.91. The van der Waals surface area contributed by atoms with Gasteiger partial charge in [-0.25, -0.2) is 18.4 Å². The van der Waals surface area contributed by atoms with Crippen LogP contribution in [0.1, 0.15) is 0 Å². The quantitative estimate of drug-likeness (QED) is 0.683. The van der Waals surface area contributed by atoms with Crippen molar-refractivity contribution in [2.24, 2.45) is 0 Å². The van der Waals surface area contributed by atoms with Crippen LogP contribution >= 0.6 is 0 Å². The average molecular weight is 388 g/mol. The second-order valence-electron chi connectivity index (χ2n) is 7.21. The molecule has 2 aromatic heterocycles. The molecule has 142 valence electrons. The molecule has 27 heavy (non-hydrogen) atoms. The van der Waals surface area contributed by atoms with E-state index in [1.54, 1.807) is 6.33 Å². The number of para-hydroxylation sites is 1. The first-order chi connectivity index (χ1) is 13.0. The van der Waals surface area contributed by atoms with Crippen LogP contribution in [0.25, 0.3) is 22.1 Å². The third kappa shape index (κ3) is 2.86. The van der Waals surface area contributed by atoms with Crippen LogP contribution in [0.15, 0.2) is 35.0 Å². The highest BCUT2D eigenvalue weighted by atomic mass is 32.2. The Balaban J connectivity index is 1.40. The fourth-order valence-corrected chi connectivity index (χ4v) is 5.99. The van der Waals surface area contributed by atoms with Gasteiger partial charge in [-0.15, -0.1) is 0 Å². The van der Waals surface area contributed by atoms with Crippen LogP contribution in [0.5, 0.6) is 0 Å². The summed E-state index contributed by atoms with van der Waals surface area (Å²) in [7, 11) is -3.14. The summed E-state index contributed by atoms with van der Waals surface area (Å²) in [6, 6.07) is 7.48. The molecule has 2 aliphatic rings. The number of benzene rings is 1. The minimum Gasteiger partial charge on any atom is -0.450 e. The Hall–Kier alpha value is -2.23. The lowest BCUT2D eigenvalue weighted by Gasteiger charge is -2.38. The summed E-state index contributed by atoms with van der Waals surface area (Å²) in [4.78, 5) is 13.0. The van der Waals surface area contributed by atoms with Crippen molar-refractivity contribution in [2.75, 3.05) is 42.6 Å². The standard InChI is InChI=1S/C18H20N4O4S/c23-14-10-27(24,25)9-13(14)21-5-7-22(8-6-21)18-17-16(19-11-20-18)12-3-1-2-4-15(12)26-17/h1-4,11,13-14,23H,5-10H2. The van der Waals surface area contributed by atoms with Crippen molar-refractivity contribution in [1.29, 1.82) is 0 Å². The van der Waals surface area contributed by atoms with Gasteiger partial charge in [0.05, 0.1) is 23.7 Å². The Bertz CT molecular complexity index is 1100. The molecule has 0 spiro atoms. The Labute approximate surface area is 156 Å². The van der Waals surface area contributed by atoms with Gasteiger partial charge in [-0.05, 0) is 12.1 Å². The topological polar surface area (TPSA) is 99.8 Å². The first-order valence-electron chi connectivity index (χ1n) is 9.01. The van der Waals surface area contributed by atoms with Gasteiger partial charge in [-0.1, -0.05) is 12.1 Å². The second-order valence-corrected chi connectivity index (χ2v) is 9.36. The van der Waals surface area contributed by atoms with Crippen LogP contribution in [0, 0.1) is 0 Å². The van der Waals surface area contributed by atoms with E-state index in [9.17, 15) is 13.5 Å². The predicted molar refractivity (Wildman–Crippen MR) is 102 cm³/mol. The van der Waals surface area contributed by atoms with Crippen molar-refractivity contribution >= 4 is 37.7 Å². The van der Waals surface area contributed by atoms with Crippen molar-refractivity contribution in [3.8, 4) is 0 Å². The molecule has 2 fully saturated rings. The number of hydrogen-bond donors (Lipinski definition) is 1. The van der Waals surface area contributed by atoms with Gasteiger partial charge in [0.15, 0.2) is 21.2 Å². The zero-order valence-corrected chi connectivity index (χ0v) is 15.5. The third-order valence-electron chi connectivity index (χ3n) is 5.52. The molecule has 2 atom stereocenters. The predicted octanol–water partition coefficient (Wildman–Crippen LogP) is 0.656. The number of hydrogen-bond acceptors (Lipinski definition) is 8. The average Bonchev–Trinajstić information content (AvgIpc) is 3.18. The Morgan fingerprint density at radius 2 is 1.85 bits per heavy atom. The molecular weight excluding hydrogens is 368 g/mol. The van der Waals surface area contributed by atoms with Crippen LogP contribution in [0.3, 0.4) is 0 Å². The highest BCUT2D eigenvalue weighted by Crippen LogP contribution is 2.32. The summed E-state index contributed by atoms with van der Waals surface area (Å²) in [5, 5.41) is 11.1. The maximum atomic E-state index is 11.8. The molecule has 0 bridgehead atoms. The summed E-state index contributed by atoms with van der Waals surface area (Å²) in [6.07, 6.45) is 0.752. The largest absolute Gasteiger partial charge is 0.450 e. The molecule has 0 aliphatic carbocycles. The normalized spacial score (nSPS) is 26.2. The van der Waals surface area contributed by atoms with Crippen LogP contribution < -0.4 is 4.90 Å². The maximum absolute atomic E-state index is 11.8. The molecule has 4 heterocycles. The van der Waals surface area contributed by atoms with Crippen molar-refractivity contribution in [3.05, 3.63) is 30.6 Å². The van der Waals surface area contributed by atoms with E-state index in [0.717, 1.165) is 22.3 Å². The molecule has 0 saturated carbocycles. The Kier molecular flexibility index (Phi) is 3.85. The lowest BCUT2D eigenvalue weighted by atomic mass is 10.1. The van der Waals surface area contributed by atoms with Crippen molar-refractivity contribution < 1.29 is 17.9 Å². The molecule has 0 radical (unpaired) electrons. The van der Waals surface area contributed by atoms with Crippen LogP contribution in [-0.4, -0.2) is 78.2 Å². The van der Waals surface area contributed by atoms with Gasteiger partial charge in [-0.3, -0.25) is 4.90 Å². The molecule has 2 aliphatic heterocycles. The highest BCUT2D eigenvalue weighted by Gasteiger charge is 2.41. The Morgan fingerprint density at radius 1 is 1.07 bits per heavy atom. The van der Waals surface area contributed by atoms with E-state index in [2.05, 4.69) is 19.8 Å². The number of anilines is 1. The third-order valence-corrected chi connectivity index (χ3v) is 7.21. The minimum atomic E-state index is -3.14. The number of sulfone groups is 1. The van der Waals surface area contributed by atoms with Crippen LogP contribution in [-0.2, 0) is 9.84 Å². The molecule has 3 aromatic rings. The van der Waals surface area contributed by atoms with Gasteiger partial charge >= 0.3 is 0 Å². The molecule has 1 aromatic carbocycles. The number of aliphatic hydroxyl groups excluding tert-OH is 1. The van der Waals surface area contributed by atoms with E-state index >= 15 is 0 Å². The molecule has 5 rings (SSSR count). The Morgan fingerprint density at radius 3 is 2.59 bits per heavy atom. The smallest absolute Gasteiger partial charge is 0.196 e. The van der Waals surface area contributed by atoms with Crippen molar-refractivity contribution in [2.45, 2.75) is 12.1 Å². The lowest BCUT2D eigenvalue weighted by Crippen LogP contribution is -2.53. The number of piperazine rings is 1. The van der Waals surface area contributed by atoms with Crippen LogP contribution in [0.4, 0.5) is 5.82 Å². The number of furan rings is 1. The first-order valence-corrected chi connectivity index (χ1v) is 10.8. The molecule has 8 nitrogen and oxygen atoms in total. The molecule has 2 unspecified atom stereocenters. The minimum absolute atomic E-state index is 0.0372. The second kappa shape index (κ2) is 6.15. The summed E-state index contributed by atoms with van der Waals surface area (Å²) >= 11 is 0. The lowest BCUT2D eigenvalue weighted by molar-refractivity contribution is 0.0792. The SMILES string of the molecule is O=S1(=O)CC(O)C(N2CCN(c3ncnc4c3oc3ccccc34)CC2)C1. The molecule has 2 saturated heterocycles. The van der Waals surface area contributed by atoms with Crippen molar-refractivity contribution in [3.63, 3.8) is 0 Å². The maximum Gasteiger partial charge on any atom is 0.196 e. The summed E-state index contributed by atoms with van der Waals surface area (Å²) < 4.78 is 29.6. The molecule has 0 amide bonds. The van der Waals surface area contributed by atoms with Crippen molar-refractivity contribution in [1.82, 2.24) is 14.9 Å². The number of aromatic nitrogens is 2. The van der Waals surface area contributed by atoms with Gasteiger partial charge in [-0.2, -0.15) is 0 Å². The van der Waals surface area contributed by atoms with E-state index in [4.69, 9.17) is 4.42 Å². The summed E-state index contributed by atoms with van der Waals surface area (Å²) in [5.74, 6) is 0.661. The monoisotopic (exact) mass is 388 g/mol. The fraction of sp³-hybridized carbons (Fsp3) is 0.444. The van der Waals surface area contributed by atoms with E-state index < -0.39 is 15.9 Å². The summed E-state index contributed by atoms with van der Waals surface area (Å²) in [5.41, 5.74) is 2.26. The van der Waals surface area contributed by atoms with E-state index in [1.807, 2.05) is 24.3 Å². The van der Waals surface area contributed by atoms with Gasteiger partial charge in [0.25, 0.3) is 0 Å². The van der Waals surface area contributed by atoms with Gasteiger partial charge < -0.3 is 14.4 Å². The number of aliphatic hydroxyl groups is 1.